The van der Waals surface area contributed by atoms with Gasteiger partial charge in [-0.05, 0) is 6.92 Å². The molecule has 0 aromatic carbocycles. The van der Waals surface area contributed by atoms with Crippen molar-refractivity contribution in [3.63, 3.8) is 0 Å². The minimum absolute atomic E-state index is 0.269. The molecular formula is C6H7BrO2. The Hall–Kier alpha value is -0.570. The number of carboxylic acids is 1. The minimum atomic E-state index is -0.929. The van der Waals surface area contributed by atoms with Gasteiger partial charge in [0.15, 0.2) is 0 Å². The third kappa shape index (κ3) is 2.46. The van der Waals surface area contributed by atoms with Crippen LogP contribution in [0.25, 0.3) is 0 Å². The van der Waals surface area contributed by atoms with Crippen molar-refractivity contribution in [3.8, 4) is 0 Å². The average Bonchev–Trinajstić information content (AvgIpc) is 1.84. The highest BCUT2D eigenvalue weighted by Crippen LogP contribution is 2.11. The molecule has 0 radical (unpaired) electrons. The van der Waals surface area contributed by atoms with Crippen molar-refractivity contribution >= 4 is 21.9 Å². The molecule has 0 aliphatic rings. The first-order valence-electron chi connectivity index (χ1n) is 2.31. The molecule has 3 heteroatoms. The van der Waals surface area contributed by atoms with E-state index in [4.69, 9.17) is 5.11 Å². The quantitative estimate of drug-likeness (QED) is 0.534. The van der Waals surface area contributed by atoms with Crippen molar-refractivity contribution in [3.05, 3.63) is 22.7 Å². The molecule has 2 nitrogen and oxygen atoms in total. The predicted molar refractivity (Wildman–Crippen MR) is 39.5 cm³/mol. The lowest BCUT2D eigenvalue weighted by molar-refractivity contribution is -0.132. The molecule has 0 fully saturated rings. The SMILES string of the molecule is C=C/C(Br)=C(\C)C(=O)O. The zero-order chi connectivity index (χ0) is 7.44. The Morgan fingerprint density at radius 3 is 2.33 bits per heavy atom. The molecule has 0 spiro atoms. The van der Waals surface area contributed by atoms with E-state index in [1.165, 1.54) is 13.0 Å². The maximum absolute atomic E-state index is 10.2. The lowest BCUT2D eigenvalue weighted by atomic mass is 10.3. The van der Waals surface area contributed by atoms with Crippen LogP contribution in [-0.4, -0.2) is 11.1 Å². The number of halogens is 1. The van der Waals surface area contributed by atoms with Crippen LogP contribution in [0.2, 0.25) is 0 Å². The van der Waals surface area contributed by atoms with E-state index in [-0.39, 0.29) is 5.57 Å². The number of rotatable bonds is 2. The van der Waals surface area contributed by atoms with Crippen molar-refractivity contribution in [1.29, 1.82) is 0 Å². The van der Waals surface area contributed by atoms with Gasteiger partial charge in [0.25, 0.3) is 0 Å². The number of hydrogen-bond acceptors (Lipinski definition) is 1. The first-order valence-corrected chi connectivity index (χ1v) is 3.11. The highest BCUT2D eigenvalue weighted by Gasteiger charge is 2.01. The lowest BCUT2D eigenvalue weighted by Gasteiger charge is -1.92. The van der Waals surface area contributed by atoms with Crippen molar-refractivity contribution in [2.24, 2.45) is 0 Å². The number of carbonyl (C=O) groups is 1. The van der Waals surface area contributed by atoms with E-state index < -0.39 is 5.97 Å². The van der Waals surface area contributed by atoms with Gasteiger partial charge in [-0.3, -0.25) is 0 Å². The summed E-state index contributed by atoms with van der Waals surface area (Å²) in [5.74, 6) is -0.929. The lowest BCUT2D eigenvalue weighted by Crippen LogP contribution is -1.96. The van der Waals surface area contributed by atoms with E-state index in [2.05, 4.69) is 22.5 Å². The molecule has 0 rings (SSSR count). The van der Waals surface area contributed by atoms with E-state index in [1.54, 1.807) is 0 Å². The van der Waals surface area contributed by atoms with Crippen LogP contribution in [0.4, 0.5) is 0 Å². The maximum atomic E-state index is 10.2. The van der Waals surface area contributed by atoms with Gasteiger partial charge in [-0.15, -0.1) is 0 Å². The van der Waals surface area contributed by atoms with Gasteiger partial charge in [0, 0.05) is 10.1 Å². The molecule has 0 heterocycles. The summed E-state index contributed by atoms with van der Waals surface area (Å²) in [4.78, 5) is 10.2. The van der Waals surface area contributed by atoms with Crippen LogP contribution in [0.5, 0.6) is 0 Å². The van der Waals surface area contributed by atoms with Gasteiger partial charge in [0.2, 0.25) is 0 Å². The van der Waals surface area contributed by atoms with Crippen LogP contribution in [-0.2, 0) is 4.79 Å². The summed E-state index contributed by atoms with van der Waals surface area (Å²) in [6, 6.07) is 0. The fourth-order valence-electron chi connectivity index (χ4n) is 0.255. The molecule has 0 aromatic heterocycles. The second-order valence-corrected chi connectivity index (χ2v) is 2.34. The molecule has 50 valence electrons. The van der Waals surface area contributed by atoms with E-state index in [1.807, 2.05) is 0 Å². The third-order valence-corrected chi connectivity index (χ3v) is 1.78. The van der Waals surface area contributed by atoms with Gasteiger partial charge in [-0.2, -0.15) is 0 Å². The Bertz CT molecular complexity index is 170. The molecule has 9 heavy (non-hydrogen) atoms. The monoisotopic (exact) mass is 190 g/mol. The molecule has 0 unspecified atom stereocenters. The van der Waals surface area contributed by atoms with Crippen LogP contribution in [0.3, 0.4) is 0 Å². The van der Waals surface area contributed by atoms with Gasteiger partial charge in [-0.1, -0.05) is 28.6 Å². The van der Waals surface area contributed by atoms with Crippen molar-refractivity contribution in [2.75, 3.05) is 0 Å². The van der Waals surface area contributed by atoms with Crippen molar-refractivity contribution in [2.45, 2.75) is 6.92 Å². The number of aliphatic carboxylic acids is 1. The van der Waals surface area contributed by atoms with Crippen LogP contribution >= 0.6 is 15.9 Å². The number of hydrogen-bond donors (Lipinski definition) is 1. The van der Waals surface area contributed by atoms with Crippen LogP contribution in [0.15, 0.2) is 22.7 Å². The number of carboxylic acid groups (broad SMARTS) is 1. The van der Waals surface area contributed by atoms with E-state index in [9.17, 15) is 4.79 Å². The summed E-state index contributed by atoms with van der Waals surface area (Å²) in [6.45, 7) is 4.90. The van der Waals surface area contributed by atoms with Gasteiger partial charge >= 0.3 is 5.97 Å². The van der Waals surface area contributed by atoms with Crippen LogP contribution < -0.4 is 0 Å². The molecule has 0 aromatic rings. The summed E-state index contributed by atoms with van der Waals surface area (Å²) in [7, 11) is 0. The zero-order valence-corrected chi connectivity index (χ0v) is 6.60. The van der Waals surface area contributed by atoms with Crippen molar-refractivity contribution in [1.82, 2.24) is 0 Å². The highest BCUT2D eigenvalue weighted by atomic mass is 79.9. The normalized spacial score (nSPS) is 12.2. The fourth-order valence-corrected chi connectivity index (χ4v) is 0.425. The smallest absolute Gasteiger partial charge is 0.332 e. The summed E-state index contributed by atoms with van der Waals surface area (Å²) < 4.78 is 0.523. The Morgan fingerprint density at radius 1 is 1.78 bits per heavy atom. The highest BCUT2D eigenvalue weighted by molar-refractivity contribution is 9.11. The van der Waals surface area contributed by atoms with Gasteiger partial charge < -0.3 is 5.11 Å². The largest absolute Gasteiger partial charge is 0.478 e. The molecule has 0 aliphatic heterocycles. The summed E-state index contributed by atoms with van der Waals surface area (Å²) >= 11 is 3.02. The predicted octanol–water partition coefficient (Wildman–Crippen LogP) is 1.93. The molecule has 0 amide bonds. The first kappa shape index (κ1) is 8.43. The van der Waals surface area contributed by atoms with Crippen LogP contribution in [0, 0.1) is 0 Å². The van der Waals surface area contributed by atoms with Crippen LogP contribution in [0.1, 0.15) is 6.92 Å². The van der Waals surface area contributed by atoms with Gasteiger partial charge in [0.05, 0.1) is 0 Å². The van der Waals surface area contributed by atoms with Gasteiger partial charge in [-0.25, -0.2) is 4.79 Å². The summed E-state index contributed by atoms with van der Waals surface area (Å²) in [5, 5.41) is 8.35. The van der Waals surface area contributed by atoms with E-state index >= 15 is 0 Å². The Kier molecular flexibility index (Phi) is 3.24. The molecule has 1 N–H and O–H groups in total. The first-order chi connectivity index (χ1) is 4.09. The molecule has 0 atom stereocenters. The molecule has 0 bridgehead atoms. The second-order valence-electron chi connectivity index (χ2n) is 1.48. The second kappa shape index (κ2) is 3.45. The Balaban J connectivity index is 4.47. The Morgan fingerprint density at radius 2 is 2.22 bits per heavy atom. The topological polar surface area (TPSA) is 37.3 Å². The van der Waals surface area contributed by atoms with Crippen molar-refractivity contribution < 1.29 is 9.90 Å². The molecular weight excluding hydrogens is 184 g/mol. The maximum Gasteiger partial charge on any atom is 0.332 e. The summed E-state index contributed by atoms with van der Waals surface area (Å²) in [6.07, 6.45) is 1.45. The Labute approximate surface area is 62.0 Å². The average molecular weight is 191 g/mol. The molecule has 0 aliphatic carbocycles. The van der Waals surface area contributed by atoms with Gasteiger partial charge in [0.1, 0.15) is 0 Å². The third-order valence-electron chi connectivity index (χ3n) is 0.858. The fraction of sp³-hybridized carbons (Fsp3) is 0.167. The standard InChI is InChI=1S/C6H7BrO2/c1-3-5(7)4(2)6(8)9/h3H,1H2,2H3,(H,8,9)/b5-4-. The molecule has 0 saturated carbocycles. The zero-order valence-electron chi connectivity index (χ0n) is 5.02. The van der Waals surface area contributed by atoms with E-state index in [0.717, 1.165) is 0 Å². The summed E-state index contributed by atoms with van der Waals surface area (Å²) in [5.41, 5.74) is 0.269. The number of allylic oxidation sites excluding steroid dienone is 2. The molecule has 0 saturated heterocycles. The minimum Gasteiger partial charge on any atom is -0.478 e. The van der Waals surface area contributed by atoms with E-state index in [0.29, 0.717) is 4.48 Å².